The normalized spacial score (nSPS) is 15.0. The predicted molar refractivity (Wildman–Crippen MR) is 88.0 cm³/mol. The van der Waals surface area contributed by atoms with E-state index in [4.69, 9.17) is 9.47 Å². The highest BCUT2D eigenvalue weighted by Gasteiger charge is 2.23. The number of phenols is 1. The largest absolute Gasteiger partial charge is 0.508 e. The Hall–Kier alpha value is -3.01. The number of ketones is 1. The molecule has 0 aliphatic carbocycles. The second-order valence-electron chi connectivity index (χ2n) is 5.14. The lowest BCUT2D eigenvalue weighted by Gasteiger charge is -2.19. The first-order chi connectivity index (χ1) is 11.2. The van der Waals surface area contributed by atoms with Crippen LogP contribution in [0.3, 0.4) is 0 Å². The Bertz CT molecular complexity index is 790. The standard InChI is InChI=1S/C19H16O4/c1-2-8-22-16-5-3-4-13(10-16)9-14-12-23-18-11-15(20)6-7-17(18)19(14)21/h2-7,9-11,20H,1,8,12H2/b14-9+. The highest BCUT2D eigenvalue weighted by molar-refractivity contribution is 6.14. The number of phenolic OH excluding ortho intramolecular Hbond substituents is 1. The Balaban J connectivity index is 1.87. The van der Waals surface area contributed by atoms with E-state index < -0.39 is 0 Å². The van der Waals surface area contributed by atoms with Gasteiger partial charge >= 0.3 is 0 Å². The van der Waals surface area contributed by atoms with Gasteiger partial charge in [0.25, 0.3) is 0 Å². The first-order valence-corrected chi connectivity index (χ1v) is 7.22. The van der Waals surface area contributed by atoms with E-state index in [2.05, 4.69) is 6.58 Å². The van der Waals surface area contributed by atoms with Crippen molar-refractivity contribution in [3.8, 4) is 17.2 Å². The van der Waals surface area contributed by atoms with E-state index in [1.54, 1.807) is 18.2 Å². The maximum Gasteiger partial charge on any atom is 0.196 e. The first kappa shape index (κ1) is 14.9. The zero-order chi connectivity index (χ0) is 16.2. The number of carbonyl (C=O) groups excluding carboxylic acids is 1. The van der Waals surface area contributed by atoms with Crippen LogP contribution in [0.25, 0.3) is 6.08 Å². The second kappa shape index (κ2) is 6.40. The Morgan fingerprint density at radius 2 is 2.13 bits per heavy atom. The lowest BCUT2D eigenvalue weighted by Crippen LogP contribution is -2.18. The molecule has 0 saturated carbocycles. The molecule has 0 bridgehead atoms. The van der Waals surface area contributed by atoms with Crippen molar-refractivity contribution in [2.24, 2.45) is 0 Å². The number of Topliss-reactive ketones (excluding diaryl/α,β-unsaturated/α-hetero) is 1. The van der Waals surface area contributed by atoms with Crippen molar-refractivity contribution in [1.29, 1.82) is 0 Å². The summed E-state index contributed by atoms with van der Waals surface area (Å²) in [5.41, 5.74) is 1.88. The molecule has 23 heavy (non-hydrogen) atoms. The Morgan fingerprint density at radius 1 is 1.26 bits per heavy atom. The van der Waals surface area contributed by atoms with Gasteiger partial charge in [-0.25, -0.2) is 0 Å². The fraction of sp³-hybridized carbons (Fsp3) is 0.105. The molecule has 2 aromatic rings. The number of aromatic hydroxyl groups is 1. The molecular weight excluding hydrogens is 292 g/mol. The minimum atomic E-state index is -0.0938. The molecule has 0 unspecified atom stereocenters. The highest BCUT2D eigenvalue weighted by Crippen LogP contribution is 2.31. The molecule has 1 aliphatic rings. The van der Waals surface area contributed by atoms with Gasteiger partial charge in [-0.3, -0.25) is 4.79 Å². The van der Waals surface area contributed by atoms with E-state index in [0.29, 0.717) is 29.2 Å². The van der Waals surface area contributed by atoms with Gasteiger partial charge in [-0.15, -0.1) is 0 Å². The quantitative estimate of drug-likeness (QED) is 0.692. The molecule has 0 spiro atoms. The predicted octanol–water partition coefficient (Wildman–Crippen LogP) is 3.62. The summed E-state index contributed by atoms with van der Waals surface area (Å²) in [6.45, 7) is 4.22. The molecule has 3 rings (SSSR count). The summed E-state index contributed by atoms with van der Waals surface area (Å²) in [6, 6.07) is 12.0. The molecule has 0 aromatic heterocycles. The van der Waals surface area contributed by atoms with Crippen LogP contribution in [0.5, 0.6) is 17.2 Å². The van der Waals surface area contributed by atoms with Crippen molar-refractivity contribution in [2.75, 3.05) is 13.2 Å². The van der Waals surface area contributed by atoms with Gasteiger partial charge in [0.05, 0.1) is 5.56 Å². The molecule has 1 aliphatic heterocycles. The lowest BCUT2D eigenvalue weighted by molar-refractivity contribution is 0.100. The average Bonchev–Trinajstić information content (AvgIpc) is 2.56. The molecule has 0 atom stereocenters. The van der Waals surface area contributed by atoms with E-state index >= 15 is 0 Å². The summed E-state index contributed by atoms with van der Waals surface area (Å²) >= 11 is 0. The lowest BCUT2D eigenvalue weighted by atomic mass is 9.98. The minimum Gasteiger partial charge on any atom is -0.508 e. The SMILES string of the molecule is C=CCOc1cccc(/C=C2\COc3cc(O)ccc3C2=O)c1. The molecule has 116 valence electrons. The summed E-state index contributed by atoms with van der Waals surface area (Å²) in [7, 11) is 0. The number of ether oxygens (including phenoxy) is 2. The van der Waals surface area contributed by atoms with Gasteiger partial charge in [-0.1, -0.05) is 24.8 Å². The second-order valence-corrected chi connectivity index (χ2v) is 5.14. The fourth-order valence-electron chi connectivity index (χ4n) is 2.37. The van der Waals surface area contributed by atoms with Crippen molar-refractivity contribution >= 4 is 11.9 Å². The maximum atomic E-state index is 12.5. The van der Waals surface area contributed by atoms with Crippen LogP contribution in [0.15, 0.2) is 60.7 Å². The molecule has 0 amide bonds. The van der Waals surface area contributed by atoms with Crippen molar-refractivity contribution in [3.63, 3.8) is 0 Å². The van der Waals surface area contributed by atoms with Gasteiger partial charge < -0.3 is 14.6 Å². The van der Waals surface area contributed by atoms with Gasteiger partial charge in [0.2, 0.25) is 0 Å². The van der Waals surface area contributed by atoms with Crippen molar-refractivity contribution in [3.05, 3.63) is 71.8 Å². The van der Waals surface area contributed by atoms with E-state index in [0.717, 1.165) is 5.56 Å². The van der Waals surface area contributed by atoms with Crippen LogP contribution in [-0.2, 0) is 0 Å². The molecule has 0 saturated heterocycles. The van der Waals surface area contributed by atoms with Crippen LogP contribution in [0, 0.1) is 0 Å². The fourth-order valence-corrected chi connectivity index (χ4v) is 2.37. The third kappa shape index (κ3) is 3.26. The van der Waals surface area contributed by atoms with Crippen molar-refractivity contribution in [2.45, 2.75) is 0 Å². The zero-order valence-electron chi connectivity index (χ0n) is 12.5. The molecule has 2 aromatic carbocycles. The molecule has 0 fully saturated rings. The number of carbonyl (C=O) groups is 1. The van der Waals surface area contributed by atoms with Gasteiger partial charge in [0, 0.05) is 11.6 Å². The van der Waals surface area contributed by atoms with Gasteiger partial charge in [0.1, 0.15) is 30.5 Å². The molecule has 1 heterocycles. The summed E-state index contributed by atoms with van der Waals surface area (Å²) in [5, 5.41) is 9.45. The Labute approximate surface area is 134 Å². The third-order valence-corrected chi connectivity index (χ3v) is 3.45. The van der Waals surface area contributed by atoms with Crippen LogP contribution < -0.4 is 9.47 Å². The topological polar surface area (TPSA) is 55.8 Å². The summed E-state index contributed by atoms with van der Waals surface area (Å²) in [5.74, 6) is 1.11. The summed E-state index contributed by atoms with van der Waals surface area (Å²) in [6.07, 6.45) is 3.47. The molecule has 4 heteroatoms. The smallest absolute Gasteiger partial charge is 0.196 e. The van der Waals surface area contributed by atoms with Crippen LogP contribution >= 0.6 is 0 Å². The number of hydrogen-bond donors (Lipinski definition) is 1. The number of hydrogen-bond acceptors (Lipinski definition) is 4. The first-order valence-electron chi connectivity index (χ1n) is 7.22. The maximum absolute atomic E-state index is 12.5. The van der Waals surface area contributed by atoms with Gasteiger partial charge in [0.15, 0.2) is 5.78 Å². The highest BCUT2D eigenvalue weighted by atomic mass is 16.5. The minimum absolute atomic E-state index is 0.0797. The van der Waals surface area contributed by atoms with Gasteiger partial charge in [-0.2, -0.15) is 0 Å². The van der Waals surface area contributed by atoms with Crippen LogP contribution in [0.1, 0.15) is 15.9 Å². The number of rotatable bonds is 4. The average molecular weight is 308 g/mol. The third-order valence-electron chi connectivity index (χ3n) is 3.45. The van der Waals surface area contributed by atoms with Crippen molar-refractivity contribution in [1.82, 2.24) is 0 Å². The molecule has 1 N–H and O–H groups in total. The molecular formula is C19H16O4. The molecule has 4 nitrogen and oxygen atoms in total. The van der Waals surface area contributed by atoms with Crippen LogP contribution in [0.2, 0.25) is 0 Å². The van der Waals surface area contributed by atoms with E-state index in [1.165, 1.54) is 12.1 Å². The number of benzene rings is 2. The molecule has 0 radical (unpaired) electrons. The van der Waals surface area contributed by atoms with Crippen molar-refractivity contribution < 1.29 is 19.4 Å². The monoisotopic (exact) mass is 308 g/mol. The summed E-state index contributed by atoms with van der Waals surface area (Å²) in [4.78, 5) is 12.5. The van der Waals surface area contributed by atoms with Crippen LogP contribution in [-0.4, -0.2) is 24.1 Å². The Kier molecular flexibility index (Phi) is 4.15. The van der Waals surface area contributed by atoms with E-state index in [-0.39, 0.29) is 18.1 Å². The number of fused-ring (bicyclic) bond motifs is 1. The summed E-state index contributed by atoms with van der Waals surface area (Å²) < 4.78 is 11.1. The van der Waals surface area contributed by atoms with Gasteiger partial charge in [-0.05, 0) is 35.9 Å². The Morgan fingerprint density at radius 3 is 2.96 bits per heavy atom. The zero-order valence-corrected chi connectivity index (χ0v) is 12.5. The van der Waals surface area contributed by atoms with E-state index in [9.17, 15) is 9.90 Å². The van der Waals surface area contributed by atoms with E-state index in [1.807, 2.05) is 24.3 Å². The van der Waals surface area contributed by atoms with Crippen LogP contribution in [0.4, 0.5) is 0 Å².